The summed E-state index contributed by atoms with van der Waals surface area (Å²) in [6, 6.07) is 5.48. The molecule has 41 heavy (non-hydrogen) atoms. The topological polar surface area (TPSA) is 305 Å². The molecule has 0 bridgehead atoms. The summed E-state index contributed by atoms with van der Waals surface area (Å²) in [5.74, 6) is -6.38. The lowest BCUT2D eigenvalue weighted by atomic mass is 9.93. The Hall–Kier alpha value is -5.16. The molecule has 0 aliphatic carbocycles. The smallest absolute Gasteiger partial charge is 0.336 e. The van der Waals surface area contributed by atoms with Crippen molar-refractivity contribution in [2.45, 2.75) is 0 Å². The van der Waals surface area contributed by atoms with Crippen molar-refractivity contribution in [3.8, 4) is 0 Å². The van der Waals surface area contributed by atoms with E-state index in [0.29, 0.717) is 0 Å². The van der Waals surface area contributed by atoms with E-state index < -0.39 is 67.7 Å². The minimum Gasteiger partial charge on any atom is -0.478 e. The van der Waals surface area contributed by atoms with Crippen LogP contribution in [0.1, 0.15) is 20.7 Å². The summed E-state index contributed by atoms with van der Waals surface area (Å²) in [4.78, 5) is 57.9. The number of benzene rings is 1. The number of hydrogen-bond acceptors (Lipinski definition) is 10. The van der Waals surface area contributed by atoms with Crippen LogP contribution in [0.5, 0.6) is 0 Å². The molecule has 0 atom stereocenters. The first-order chi connectivity index (χ1) is 18.9. The van der Waals surface area contributed by atoms with Gasteiger partial charge in [-0.25, -0.2) is 28.8 Å². The quantitative estimate of drug-likeness (QED) is 0.161. The lowest BCUT2D eigenvalue weighted by Gasteiger charge is -2.23. The Balaban J connectivity index is -0.000000133. The standard InChI is InChI=1S/C8H6O4.C5H12O4.4C3H4O2/c9-7(10)5-3-1-2-4-6(5)8(11)12;6-1-5(2-7,3-8)4-9;4*1-2-3(4)5/h1-4H,(H,9,10)(H,11,12);6-9H,1-4H2;4*2H,1H2,(H,4,5). The third kappa shape index (κ3) is 32.8. The van der Waals surface area contributed by atoms with Gasteiger partial charge in [0.05, 0.1) is 43.0 Å². The van der Waals surface area contributed by atoms with Crippen molar-refractivity contribution in [1.29, 1.82) is 0 Å². The molecule has 0 saturated heterocycles. The van der Waals surface area contributed by atoms with E-state index in [1.807, 2.05) is 0 Å². The first-order valence-corrected chi connectivity index (χ1v) is 10.4. The van der Waals surface area contributed by atoms with E-state index >= 15 is 0 Å². The molecule has 0 heterocycles. The van der Waals surface area contributed by atoms with Crippen molar-refractivity contribution >= 4 is 35.8 Å². The van der Waals surface area contributed by atoms with Crippen molar-refractivity contribution in [2.75, 3.05) is 26.4 Å². The van der Waals surface area contributed by atoms with Crippen LogP contribution in [-0.2, 0) is 19.2 Å². The van der Waals surface area contributed by atoms with Crippen LogP contribution in [0, 0.1) is 5.41 Å². The number of aromatic carboxylic acids is 2. The maximum Gasteiger partial charge on any atom is 0.336 e. The molecule has 0 amide bonds. The number of aliphatic hydroxyl groups is 4. The second-order valence-corrected chi connectivity index (χ2v) is 6.46. The van der Waals surface area contributed by atoms with Crippen molar-refractivity contribution in [3.05, 3.63) is 86.0 Å². The maximum absolute atomic E-state index is 10.5. The van der Waals surface area contributed by atoms with Gasteiger partial charge < -0.3 is 51.1 Å². The molecule has 0 aromatic heterocycles. The molecule has 1 rings (SSSR count). The highest BCUT2D eigenvalue weighted by Gasteiger charge is 2.26. The zero-order valence-electron chi connectivity index (χ0n) is 21.7. The normalized spacial score (nSPS) is 8.49. The monoisotopic (exact) mass is 590 g/mol. The van der Waals surface area contributed by atoms with Crippen LogP contribution in [0.3, 0.4) is 0 Å². The minimum absolute atomic E-state index is 0.190. The van der Waals surface area contributed by atoms with E-state index in [-0.39, 0.29) is 11.1 Å². The predicted octanol–water partition coefficient (Wildman–Crippen LogP) is 0.0530. The Morgan fingerprint density at radius 2 is 0.683 bits per heavy atom. The Kier molecular flexibility index (Phi) is 32.8. The van der Waals surface area contributed by atoms with Crippen molar-refractivity contribution in [2.24, 2.45) is 5.41 Å². The maximum atomic E-state index is 10.5. The molecule has 0 radical (unpaired) electrons. The lowest BCUT2D eigenvalue weighted by molar-refractivity contribution is -0.132. The van der Waals surface area contributed by atoms with E-state index in [0.717, 1.165) is 24.3 Å². The van der Waals surface area contributed by atoms with Gasteiger partial charge in [0.25, 0.3) is 0 Å². The first kappa shape index (κ1) is 45.7. The highest BCUT2D eigenvalue weighted by molar-refractivity contribution is 6.01. The van der Waals surface area contributed by atoms with Crippen LogP contribution < -0.4 is 0 Å². The molecule has 230 valence electrons. The van der Waals surface area contributed by atoms with Crippen LogP contribution >= 0.6 is 0 Å². The van der Waals surface area contributed by atoms with E-state index in [1.165, 1.54) is 24.3 Å². The fraction of sp³-hybridized carbons (Fsp3) is 0.200. The third-order valence-corrected chi connectivity index (χ3v) is 3.43. The first-order valence-electron chi connectivity index (χ1n) is 10.4. The van der Waals surface area contributed by atoms with Crippen LogP contribution in [-0.4, -0.2) is 113 Å². The number of carboxylic acids is 6. The number of carboxylic acid groups (broad SMARTS) is 6. The van der Waals surface area contributed by atoms with Crippen molar-refractivity contribution < 1.29 is 79.8 Å². The number of rotatable bonds is 10. The molecule has 0 fully saturated rings. The van der Waals surface area contributed by atoms with Gasteiger partial charge >= 0.3 is 35.8 Å². The fourth-order valence-corrected chi connectivity index (χ4v) is 1.16. The Bertz CT molecular complexity index is 871. The number of hydrogen-bond donors (Lipinski definition) is 10. The fourth-order valence-electron chi connectivity index (χ4n) is 1.16. The molecule has 0 spiro atoms. The van der Waals surface area contributed by atoms with Crippen molar-refractivity contribution in [1.82, 2.24) is 0 Å². The number of aliphatic carboxylic acids is 4. The van der Waals surface area contributed by atoms with E-state index in [2.05, 4.69) is 26.3 Å². The van der Waals surface area contributed by atoms with Crippen LogP contribution in [0.4, 0.5) is 0 Å². The highest BCUT2D eigenvalue weighted by atomic mass is 16.4. The van der Waals surface area contributed by atoms with Gasteiger partial charge in [0.2, 0.25) is 0 Å². The van der Waals surface area contributed by atoms with Gasteiger partial charge in [-0.05, 0) is 12.1 Å². The average Bonchev–Trinajstić information content (AvgIpc) is 2.96. The highest BCUT2D eigenvalue weighted by Crippen LogP contribution is 2.12. The third-order valence-electron chi connectivity index (χ3n) is 3.43. The summed E-state index contributed by atoms with van der Waals surface area (Å²) < 4.78 is 0. The van der Waals surface area contributed by atoms with E-state index in [1.54, 1.807) is 0 Å². The SMILES string of the molecule is C=CC(=O)O.C=CC(=O)O.C=CC(=O)O.C=CC(=O)O.O=C(O)c1ccccc1C(=O)O.OCC(CO)(CO)CO. The molecule has 0 saturated carbocycles. The average molecular weight is 591 g/mol. The zero-order chi connectivity index (χ0) is 33.6. The summed E-state index contributed by atoms with van der Waals surface area (Å²) in [6.07, 6.45) is 3.33. The van der Waals surface area contributed by atoms with Crippen LogP contribution in [0.25, 0.3) is 0 Å². The summed E-state index contributed by atoms with van der Waals surface area (Å²) >= 11 is 0. The molecular weight excluding hydrogens is 556 g/mol. The second kappa shape index (κ2) is 29.4. The molecule has 1 aromatic rings. The van der Waals surface area contributed by atoms with Gasteiger partial charge in [0.15, 0.2) is 0 Å². The zero-order valence-corrected chi connectivity index (χ0v) is 21.7. The Labute approximate surface area is 234 Å². The second-order valence-electron chi connectivity index (χ2n) is 6.46. The number of aliphatic hydroxyl groups excluding tert-OH is 4. The molecule has 0 aliphatic rings. The molecule has 16 heteroatoms. The molecule has 10 N–H and O–H groups in total. The molecule has 16 nitrogen and oxygen atoms in total. The predicted molar refractivity (Wildman–Crippen MR) is 142 cm³/mol. The Morgan fingerprint density at radius 1 is 0.512 bits per heavy atom. The van der Waals surface area contributed by atoms with Gasteiger partial charge in [-0.1, -0.05) is 38.4 Å². The van der Waals surface area contributed by atoms with Gasteiger partial charge in [-0.3, -0.25) is 0 Å². The molecule has 1 aromatic carbocycles. The van der Waals surface area contributed by atoms with Gasteiger partial charge in [0.1, 0.15) is 0 Å². The van der Waals surface area contributed by atoms with E-state index in [9.17, 15) is 28.8 Å². The largest absolute Gasteiger partial charge is 0.478 e. The lowest BCUT2D eigenvalue weighted by Crippen LogP contribution is -2.37. The van der Waals surface area contributed by atoms with Gasteiger partial charge in [-0.15, -0.1) is 0 Å². The summed E-state index contributed by atoms with van der Waals surface area (Å²) in [5.41, 5.74) is -1.49. The minimum atomic E-state index is -1.23. The van der Waals surface area contributed by atoms with Gasteiger partial charge in [0, 0.05) is 24.3 Å². The summed E-state index contributed by atoms with van der Waals surface area (Å²) in [5, 5.41) is 81.5. The Morgan fingerprint density at radius 3 is 0.756 bits per heavy atom. The van der Waals surface area contributed by atoms with E-state index in [4.69, 9.17) is 51.1 Å². The van der Waals surface area contributed by atoms with Crippen LogP contribution in [0.2, 0.25) is 0 Å². The summed E-state index contributed by atoms with van der Waals surface area (Å²) in [7, 11) is 0. The molecular formula is C25H34O16. The number of carbonyl (C=O) groups is 6. The molecule has 0 aliphatic heterocycles. The van der Waals surface area contributed by atoms with Crippen LogP contribution in [0.15, 0.2) is 74.9 Å². The van der Waals surface area contributed by atoms with Crippen molar-refractivity contribution in [3.63, 3.8) is 0 Å². The molecule has 0 unspecified atom stereocenters. The summed E-state index contributed by atoms with van der Waals surface area (Å²) in [6.45, 7) is 10.2. The van der Waals surface area contributed by atoms with Gasteiger partial charge in [-0.2, -0.15) is 0 Å².